The molecule has 0 spiro atoms. The van der Waals surface area contributed by atoms with Crippen molar-refractivity contribution in [2.75, 3.05) is 24.2 Å². The first-order valence-corrected chi connectivity index (χ1v) is 11.5. The van der Waals surface area contributed by atoms with Crippen LogP contribution >= 0.6 is 0 Å². The summed E-state index contributed by atoms with van der Waals surface area (Å²) in [6.45, 7) is 5.96. The van der Waals surface area contributed by atoms with E-state index in [9.17, 15) is 13.2 Å². The van der Waals surface area contributed by atoms with Gasteiger partial charge in [-0.05, 0) is 56.9 Å². The molecule has 0 saturated heterocycles. The molecule has 0 aliphatic rings. The summed E-state index contributed by atoms with van der Waals surface area (Å²) in [5.41, 5.74) is 3.66. The van der Waals surface area contributed by atoms with Crippen molar-refractivity contribution in [2.45, 2.75) is 39.7 Å². The van der Waals surface area contributed by atoms with Crippen LogP contribution in [0.15, 0.2) is 42.5 Å². The number of nitrogens with one attached hydrogen (secondary N) is 1. The van der Waals surface area contributed by atoms with Crippen molar-refractivity contribution in [1.29, 1.82) is 0 Å². The number of ether oxygens (including phenoxy) is 1. The van der Waals surface area contributed by atoms with E-state index in [-0.39, 0.29) is 5.91 Å². The summed E-state index contributed by atoms with van der Waals surface area (Å²) >= 11 is 0. The molecule has 0 saturated carbocycles. The van der Waals surface area contributed by atoms with Crippen LogP contribution in [0.25, 0.3) is 0 Å². The third-order valence-electron chi connectivity index (χ3n) is 4.68. The molecule has 29 heavy (non-hydrogen) atoms. The molecule has 1 N–H and O–H groups in total. The number of hydrogen-bond donors (Lipinski definition) is 1. The SMILES string of the molecule is COc1ccc(C)cc1N([C@H](C)C(=O)NCCCc1cccc(C)c1)S(C)(=O)=O. The van der Waals surface area contributed by atoms with Gasteiger partial charge in [-0.1, -0.05) is 35.9 Å². The van der Waals surface area contributed by atoms with Crippen molar-refractivity contribution in [3.63, 3.8) is 0 Å². The molecule has 7 heteroatoms. The number of methoxy groups -OCH3 is 1. The van der Waals surface area contributed by atoms with Gasteiger partial charge in [0.15, 0.2) is 0 Å². The van der Waals surface area contributed by atoms with E-state index < -0.39 is 16.1 Å². The number of carbonyl (C=O) groups excluding carboxylic acids is 1. The van der Waals surface area contributed by atoms with E-state index in [0.717, 1.165) is 29.0 Å². The molecule has 158 valence electrons. The lowest BCUT2D eigenvalue weighted by Crippen LogP contribution is -2.48. The molecule has 6 nitrogen and oxygen atoms in total. The van der Waals surface area contributed by atoms with Gasteiger partial charge >= 0.3 is 0 Å². The fraction of sp³-hybridized carbons (Fsp3) is 0.409. The summed E-state index contributed by atoms with van der Waals surface area (Å²) in [5, 5.41) is 2.86. The zero-order valence-corrected chi connectivity index (χ0v) is 18.5. The average molecular weight is 419 g/mol. The first kappa shape index (κ1) is 22.7. The summed E-state index contributed by atoms with van der Waals surface area (Å²) < 4.78 is 31.4. The van der Waals surface area contributed by atoms with Crippen LogP contribution < -0.4 is 14.4 Å². The molecule has 0 aromatic heterocycles. The zero-order chi connectivity index (χ0) is 21.6. The molecule has 1 amide bonds. The van der Waals surface area contributed by atoms with Crippen LogP contribution in [0, 0.1) is 13.8 Å². The molecule has 2 rings (SSSR count). The Kier molecular flexibility index (Phi) is 7.67. The van der Waals surface area contributed by atoms with Crippen molar-refractivity contribution in [2.24, 2.45) is 0 Å². The summed E-state index contributed by atoms with van der Waals surface area (Å²) in [4.78, 5) is 12.7. The van der Waals surface area contributed by atoms with E-state index in [2.05, 4.69) is 17.4 Å². The highest BCUT2D eigenvalue weighted by Gasteiger charge is 2.31. The van der Waals surface area contributed by atoms with E-state index >= 15 is 0 Å². The Bertz CT molecular complexity index is 957. The van der Waals surface area contributed by atoms with Crippen molar-refractivity contribution in [3.8, 4) is 5.75 Å². The van der Waals surface area contributed by atoms with Gasteiger partial charge in [0.2, 0.25) is 15.9 Å². The minimum Gasteiger partial charge on any atom is -0.495 e. The van der Waals surface area contributed by atoms with Gasteiger partial charge in [-0.2, -0.15) is 0 Å². The Labute approximate surface area is 173 Å². The molecule has 0 unspecified atom stereocenters. The summed E-state index contributed by atoms with van der Waals surface area (Å²) in [7, 11) is -2.22. The van der Waals surface area contributed by atoms with Crippen LogP contribution in [-0.4, -0.2) is 40.3 Å². The molecule has 0 aliphatic heterocycles. The molecule has 0 bridgehead atoms. The van der Waals surface area contributed by atoms with Crippen LogP contribution in [0.5, 0.6) is 5.75 Å². The maximum atomic E-state index is 12.7. The maximum Gasteiger partial charge on any atom is 0.243 e. The van der Waals surface area contributed by atoms with Crippen molar-refractivity contribution >= 4 is 21.6 Å². The lowest BCUT2D eigenvalue weighted by Gasteiger charge is -2.29. The minimum absolute atomic E-state index is 0.344. The van der Waals surface area contributed by atoms with Crippen LogP contribution in [0.2, 0.25) is 0 Å². The molecule has 0 fully saturated rings. The normalized spacial score (nSPS) is 12.3. The van der Waals surface area contributed by atoms with Gasteiger partial charge in [0, 0.05) is 6.54 Å². The molecular formula is C22H30N2O4S. The molecule has 0 aliphatic carbocycles. The summed E-state index contributed by atoms with van der Waals surface area (Å²) in [6, 6.07) is 12.6. The summed E-state index contributed by atoms with van der Waals surface area (Å²) in [6.07, 6.45) is 2.71. The largest absolute Gasteiger partial charge is 0.495 e. The number of hydrogen-bond acceptors (Lipinski definition) is 4. The second-order valence-electron chi connectivity index (χ2n) is 7.29. The number of benzene rings is 2. The van der Waals surface area contributed by atoms with Crippen LogP contribution in [0.1, 0.15) is 30.0 Å². The predicted octanol–water partition coefficient (Wildman–Crippen LogP) is 3.22. The predicted molar refractivity (Wildman–Crippen MR) is 117 cm³/mol. The standard InChI is InChI=1S/C22H30N2O4S/c1-16-8-6-9-19(14-16)10-7-13-23-22(25)18(3)24(29(5,26)27)20-15-17(2)11-12-21(20)28-4/h6,8-9,11-12,14-15,18H,7,10,13H2,1-5H3,(H,23,25)/t18-/m1/s1. The molecule has 2 aromatic rings. The molecule has 1 atom stereocenters. The highest BCUT2D eigenvalue weighted by molar-refractivity contribution is 7.92. The lowest BCUT2D eigenvalue weighted by molar-refractivity contribution is -0.121. The average Bonchev–Trinajstić information content (AvgIpc) is 2.64. The van der Waals surface area contributed by atoms with Crippen LogP contribution in [-0.2, 0) is 21.2 Å². The Morgan fingerprint density at radius 2 is 1.83 bits per heavy atom. The topological polar surface area (TPSA) is 75.7 Å². The Morgan fingerprint density at radius 1 is 1.14 bits per heavy atom. The zero-order valence-electron chi connectivity index (χ0n) is 17.7. The lowest BCUT2D eigenvalue weighted by atomic mass is 10.1. The molecule has 0 heterocycles. The third-order valence-corrected chi connectivity index (χ3v) is 5.91. The number of rotatable bonds is 9. The van der Waals surface area contributed by atoms with Gasteiger partial charge in [0.1, 0.15) is 11.8 Å². The highest BCUT2D eigenvalue weighted by Crippen LogP contribution is 2.32. The summed E-state index contributed by atoms with van der Waals surface area (Å²) in [5.74, 6) is 0.0587. The van der Waals surface area contributed by atoms with Gasteiger partial charge in [-0.25, -0.2) is 8.42 Å². The molecule has 0 radical (unpaired) electrons. The van der Waals surface area contributed by atoms with Gasteiger partial charge in [0.05, 0.1) is 19.1 Å². The third kappa shape index (κ3) is 6.22. The van der Waals surface area contributed by atoms with Gasteiger partial charge in [0.25, 0.3) is 0 Å². The second-order valence-corrected chi connectivity index (χ2v) is 9.15. The minimum atomic E-state index is -3.70. The Balaban J connectivity index is 2.08. The van der Waals surface area contributed by atoms with Gasteiger partial charge < -0.3 is 10.1 Å². The van der Waals surface area contributed by atoms with E-state index in [0.29, 0.717) is 18.0 Å². The highest BCUT2D eigenvalue weighted by atomic mass is 32.2. The number of aryl methyl sites for hydroxylation is 3. The van der Waals surface area contributed by atoms with E-state index in [1.165, 1.54) is 18.2 Å². The maximum absolute atomic E-state index is 12.7. The quantitative estimate of drug-likeness (QED) is 0.635. The number of carbonyl (C=O) groups is 1. The van der Waals surface area contributed by atoms with Crippen molar-refractivity contribution in [1.82, 2.24) is 5.32 Å². The Morgan fingerprint density at radius 3 is 2.45 bits per heavy atom. The van der Waals surface area contributed by atoms with Crippen molar-refractivity contribution < 1.29 is 17.9 Å². The fourth-order valence-electron chi connectivity index (χ4n) is 3.27. The van der Waals surface area contributed by atoms with Gasteiger partial charge in [-0.15, -0.1) is 0 Å². The number of sulfonamides is 1. The first-order chi connectivity index (χ1) is 13.6. The first-order valence-electron chi connectivity index (χ1n) is 9.60. The number of amides is 1. The van der Waals surface area contributed by atoms with Crippen LogP contribution in [0.4, 0.5) is 5.69 Å². The van der Waals surface area contributed by atoms with E-state index in [1.807, 2.05) is 32.0 Å². The fourth-order valence-corrected chi connectivity index (χ4v) is 4.44. The Hall–Kier alpha value is -2.54. The van der Waals surface area contributed by atoms with E-state index in [4.69, 9.17) is 4.74 Å². The monoisotopic (exact) mass is 418 g/mol. The van der Waals surface area contributed by atoms with Gasteiger partial charge in [-0.3, -0.25) is 9.10 Å². The second kappa shape index (κ2) is 9.78. The number of nitrogens with zero attached hydrogens (tertiary/aromatic N) is 1. The van der Waals surface area contributed by atoms with Crippen LogP contribution in [0.3, 0.4) is 0 Å². The molecule has 2 aromatic carbocycles. The number of anilines is 1. The van der Waals surface area contributed by atoms with E-state index in [1.54, 1.807) is 19.1 Å². The smallest absolute Gasteiger partial charge is 0.243 e. The van der Waals surface area contributed by atoms with Crippen molar-refractivity contribution in [3.05, 3.63) is 59.2 Å². The molecular weight excluding hydrogens is 388 g/mol.